The molecule has 0 aliphatic rings. The number of aromatic nitrogens is 2. The lowest BCUT2D eigenvalue weighted by atomic mass is 10.2. The van der Waals surface area contributed by atoms with E-state index in [1.807, 2.05) is 12.3 Å². The van der Waals surface area contributed by atoms with Gasteiger partial charge in [-0.25, -0.2) is 4.98 Å². The van der Waals surface area contributed by atoms with Crippen molar-refractivity contribution >= 4 is 22.2 Å². The Balaban J connectivity index is 2.47. The normalized spacial score (nSPS) is 12.6. The highest BCUT2D eigenvalue weighted by molar-refractivity contribution is 7.15. The molecule has 2 N–H and O–H groups in total. The molecule has 0 aliphatic heterocycles. The highest BCUT2D eigenvalue weighted by Crippen LogP contribution is 2.12. The van der Waals surface area contributed by atoms with Crippen LogP contribution < -0.4 is 10.9 Å². The van der Waals surface area contributed by atoms with Crippen LogP contribution in [0.2, 0.25) is 0 Å². The summed E-state index contributed by atoms with van der Waals surface area (Å²) in [7, 11) is 0. The van der Waals surface area contributed by atoms with Crippen LogP contribution in [0.5, 0.6) is 0 Å². The van der Waals surface area contributed by atoms with Gasteiger partial charge in [0.1, 0.15) is 5.56 Å². The largest absolute Gasteiger partial charge is 0.394 e. The Morgan fingerprint density at radius 3 is 3.00 bits per heavy atom. The second-order valence-corrected chi connectivity index (χ2v) is 5.07. The molecule has 0 spiro atoms. The van der Waals surface area contributed by atoms with Gasteiger partial charge >= 0.3 is 0 Å². The molecule has 2 heterocycles. The number of carbonyl (C=O) groups is 1. The summed E-state index contributed by atoms with van der Waals surface area (Å²) in [6.45, 7) is 3.42. The van der Waals surface area contributed by atoms with Gasteiger partial charge in [-0.05, 0) is 13.3 Å². The predicted molar refractivity (Wildman–Crippen MR) is 72.7 cm³/mol. The first-order valence-corrected chi connectivity index (χ1v) is 6.86. The number of aliphatic hydroxyl groups is 1. The van der Waals surface area contributed by atoms with Crippen molar-refractivity contribution in [3.05, 3.63) is 33.2 Å². The maximum atomic E-state index is 12.3. The number of hydrogen-bond donors (Lipinski definition) is 2. The summed E-state index contributed by atoms with van der Waals surface area (Å²) < 4.78 is 1.46. The molecule has 0 saturated carbocycles. The van der Waals surface area contributed by atoms with Crippen LogP contribution in [0.3, 0.4) is 0 Å². The summed E-state index contributed by atoms with van der Waals surface area (Å²) in [4.78, 5) is 28.9. The molecule has 1 amide bonds. The van der Waals surface area contributed by atoms with Gasteiger partial charge in [0.25, 0.3) is 11.5 Å². The van der Waals surface area contributed by atoms with Crippen LogP contribution in [0.4, 0.5) is 0 Å². The van der Waals surface area contributed by atoms with E-state index in [0.717, 1.165) is 5.69 Å². The van der Waals surface area contributed by atoms with Crippen molar-refractivity contribution in [2.24, 2.45) is 0 Å². The van der Waals surface area contributed by atoms with Crippen molar-refractivity contribution in [1.29, 1.82) is 0 Å². The van der Waals surface area contributed by atoms with Crippen LogP contribution in [-0.2, 0) is 6.42 Å². The van der Waals surface area contributed by atoms with Crippen LogP contribution in [-0.4, -0.2) is 33.0 Å². The smallest absolute Gasteiger partial charge is 0.271 e. The number of nitrogens with zero attached hydrogens (tertiary/aromatic N) is 2. The van der Waals surface area contributed by atoms with Gasteiger partial charge in [-0.1, -0.05) is 6.92 Å². The molecule has 2 rings (SSSR count). The zero-order valence-corrected chi connectivity index (χ0v) is 11.5. The molecule has 0 bridgehead atoms. The van der Waals surface area contributed by atoms with E-state index >= 15 is 0 Å². The van der Waals surface area contributed by atoms with E-state index in [0.29, 0.717) is 11.4 Å². The lowest BCUT2D eigenvalue weighted by molar-refractivity contribution is 0.0920. The number of nitrogens with one attached hydrogen (secondary N) is 1. The summed E-state index contributed by atoms with van der Waals surface area (Å²) in [5.41, 5.74) is 0.457. The first-order chi connectivity index (χ1) is 9.08. The Bertz CT molecular complexity index is 662. The maximum absolute atomic E-state index is 12.3. The SMILES string of the molecule is CCc1csc2ncc(C(=O)NC(C)CO)c(=O)n12. The Kier molecular flexibility index (Phi) is 3.96. The third-order valence-corrected chi connectivity index (χ3v) is 3.66. The number of rotatable bonds is 4. The van der Waals surface area contributed by atoms with Gasteiger partial charge in [-0.2, -0.15) is 0 Å². The van der Waals surface area contributed by atoms with Gasteiger partial charge in [0.2, 0.25) is 0 Å². The summed E-state index contributed by atoms with van der Waals surface area (Å²) in [6.07, 6.45) is 1.98. The second-order valence-electron chi connectivity index (χ2n) is 4.23. The fourth-order valence-electron chi connectivity index (χ4n) is 1.69. The van der Waals surface area contributed by atoms with E-state index < -0.39 is 11.9 Å². The standard InChI is InChI=1S/C12H15N3O3S/c1-3-8-6-19-12-13-4-9(11(18)15(8)12)10(17)14-7(2)5-16/h4,6-7,16H,3,5H2,1-2H3,(H,14,17). The Morgan fingerprint density at radius 2 is 2.37 bits per heavy atom. The molecular weight excluding hydrogens is 266 g/mol. The van der Waals surface area contributed by atoms with Crippen LogP contribution in [0.1, 0.15) is 29.9 Å². The van der Waals surface area contributed by atoms with E-state index in [1.54, 1.807) is 6.92 Å². The highest BCUT2D eigenvalue weighted by Gasteiger charge is 2.16. The molecule has 102 valence electrons. The fraction of sp³-hybridized carbons (Fsp3) is 0.417. The molecule has 6 nitrogen and oxygen atoms in total. The average Bonchev–Trinajstić information content (AvgIpc) is 2.82. The number of hydrogen-bond acceptors (Lipinski definition) is 5. The number of thiazole rings is 1. The Morgan fingerprint density at radius 1 is 1.63 bits per heavy atom. The summed E-state index contributed by atoms with van der Waals surface area (Å²) in [5.74, 6) is -0.512. The van der Waals surface area contributed by atoms with E-state index in [1.165, 1.54) is 21.9 Å². The highest BCUT2D eigenvalue weighted by atomic mass is 32.1. The zero-order valence-electron chi connectivity index (χ0n) is 10.7. The topological polar surface area (TPSA) is 83.7 Å². The molecule has 0 aliphatic carbocycles. The molecule has 7 heteroatoms. The van der Waals surface area contributed by atoms with Crippen LogP contribution >= 0.6 is 11.3 Å². The number of aryl methyl sites for hydroxylation is 1. The molecule has 19 heavy (non-hydrogen) atoms. The van der Waals surface area contributed by atoms with Crippen LogP contribution in [0.25, 0.3) is 4.96 Å². The fourth-order valence-corrected chi connectivity index (χ4v) is 2.63. The van der Waals surface area contributed by atoms with Gasteiger partial charge in [0.05, 0.1) is 6.61 Å². The van der Waals surface area contributed by atoms with E-state index in [-0.39, 0.29) is 17.7 Å². The number of carbonyl (C=O) groups excluding carboxylic acids is 1. The number of amides is 1. The number of aliphatic hydroxyl groups excluding tert-OH is 1. The summed E-state index contributed by atoms with van der Waals surface area (Å²) in [5, 5.41) is 13.3. The molecule has 1 atom stereocenters. The Hall–Kier alpha value is -1.73. The molecule has 0 fully saturated rings. The predicted octanol–water partition coefficient (Wildman–Crippen LogP) is 0.429. The number of fused-ring (bicyclic) bond motifs is 1. The van der Waals surface area contributed by atoms with Crippen molar-refractivity contribution < 1.29 is 9.90 Å². The monoisotopic (exact) mass is 281 g/mol. The van der Waals surface area contributed by atoms with Gasteiger partial charge in [-0.3, -0.25) is 14.0 Å². The third-order valence-electron chi connectivity index (χ3n) is 2.77. The Labute approximate surface area is 113 Å². The van der Waals surface area contributed by atoms with Crippen molar-refractivity contribution in [1.82, 2.24) is 14.7 Å². The minimum atomic E-state index is -0.512. The van der Waals surface area contributed by atoms with Gasteiger partial charge < -0.3 is 10.4 Å². The van der Waals surface area contributed by atoms with Gasteiger partial charge in [-0.15, -0.1) is 11.3 Å². The quantitative estimate of drug-likeness (QED) is 0.851. The average molecular weight is 281 g/mol. The minimum absolute atomic E-state index is 0.00843. The van der Waals surface area contributed by atoms with Gasteiger partial charge in [0, 0.05) is 23.3 Å². The van der Waals surface area contributed by atoms with E-state index in [2.05, 4.69) is 10.3 Å². The minimum Gasteiger partial charge on any atom is -0.394 e. The molecule has 0 radical (unpaired) electrons. The van der Waals surface area contributed by atoms with Crippen molar-refractivity contribution in [2.45, 2.75) is 26.3 Å². The first-order valence-electron chi connectivity index (χ1n) is 5.98. The molecule has 1 unspecified atom stereocenters. The lowest BCUT2D eigenvalue weighted by Gasteiger charge is -2.10. The zero-order chi connectivity index (χ0) is 14.0. The van der Waals surface area contributed by atoms with Crippen molar-refractivity contribution in [3.63, 3.8) is 0 Å². The maximum Gasteiger partial charge on any atom is 0.271 e. The molecule has 2 aromatic rings. The van der Waals surface area contributed by atoms with Crippen LogP contribution in [0.15, 0.2) is 16.4 Å². The van der Waals surface area contributed by atoms with Crippen molar-refractivity contribution in [3.8, 4) is 0 Å². The van der Waals surface area contributed by atoms with Crippen molar-refractivity contribution in [2.75, 3.05) is 6.61 Å². The van der Waals surface area contributed by atoms with E-state index in [4.69, 9.17) is 5.11 Å². The second kappa shape index (κ2) is 5.50. The first kappa shape index (κ1) is 13.7. The molecule has 2 aromatic heterocycles. The molecule has 0 aromatic carbocycles. The lowest BCUT2D eigenvalue weighted by Crippen LogP contribution is -2.38. The summed E-state index contributed by atoms with van der Waals surface area (Å²) >= 11 is 1.37. The molecule has 0 saturated heterocycles. The molecular formula is C12H15N3O3S. The van der Waals surface area contributed by atoms with E-state index in [9.17, 15) is 9.59 Å². The summed E-state index contributed by atoms with van der Waals surface area (Å²) in [6, 6.07) is -0.402. The van der Waals surface area contributed by atoms with Gasteiger partial charge in [0.15, 0.2) is 4.96 Å². The third kappa shape index (κ3) is 2.52. The van der Waals surface area contributed by atoms with Crippen LogP contribution in [0, 0.1) is 0 Å².